The predicted molar refractivity (Wildman–Crippen MR) is 99.9 cm³/mol. The minimum atomic E-state index is -3.76. The van der Waals surface area contributed by atoms with Gasteiger partial charge in [0.25, 0.3) is 5.91 Å². The van der Waals surface area contributed by atoms with Gasteiger partial charge in [0.15, 0.2) is 9.84 Å². The molecule has 0 atom stereocenters. The molecule has 25 heavy (non-hydrogen) atoms. The maximum absolute atomic E-state index is 12.2. The number of hydrogen-bond donors (Lipinski definition) is 2. The number of hydrazine groups is 1. The summed E-state index contributed by atoms with van der Waals surface area (Å²) in [6.45, 7) is 0. The highest BCUT2D eigenvalue weighted by Gasteiger charge is 2.19. The lowest BCUT2D eigenvalue weighted by molar-refractivity contribution is -0.118. The van der Waals surface area contributed by atoms with Crippen molar-refractivity contribution >= 4 is 65.6 Å². The monoisotopic (exact) mass is 415 g/mol. The first kappa shape index (κ1) is 17.9. The second kappa shape index (κ2) is 7.17. The standard InChI is InChI=1S/C15H11Cl2N3O3S2/c16-9-1-4-11(5-2-9)25(22,23)8-14(21)19-20-15-18-12-6-3-10(17)7-13(12)24-15/h1-7H,8H2,(H,18,20)(H,19,21). The summed E-state index contributed by atoms with van der Waals surface area (Å²) in [4.78, 5) is 16.2. The summed E-state index contributed by atoms with van der Waals surface area (Å²) < 4.78 is 25.2. The van der Waals surface area contributed by atoms with Crippen molar-refractivity contribution in [3.05, 3.63) is 52.5 Å². The van der Waals surface area contributed by atoms with Gasteiger partial charge in [-0.15, -0.1) is 0 Å². The normalized spacial score (nSPS) is 11.4. The third kappa shape index (κ3) is 4.40. The number of nitrogens with zero attached hydrogens (tertiary/aromatic N) is 1. The molecule has 3 aromatic rings. The van der Waals surface area contributed by atoms with Gasteiger partial charge in [-0.2, -0.15) is 0 Å². The molecule has 0 unspecified atom stereocenters. The SMILES string of the molecule is O=C(CS(=O)(=O)c1ccc(Cl)cc1)NNc1nc2ccc(Cl)cc2s1. The summed E-state index contributed by atoms with van der Waals surface area (Å²) in [7, 11) is -3.76. The van der Waals surface area contributed by atoms with E-state index < -0.39 is 21.5 Å². The first-order valence-electron chi connectivity index (χ1n) is 6.93. The van der Waals surface area contributed by atoms with E-state index in [1.54, 1.807) is 18.2 Å². The van der Waals surface area contributed by atoms with Gasteiger partial charge < -0.3 is 0 Å². The van der Waals surface area contributed by atoms with Gasteiger partial charge in [0.2, 0.25) is 5.13 Å². The molecule has 0 bridgehead atoms. The van der Waals surface area contributed by atoms with E-state index in [4.69, 9.17) is 23.2 Å². The van der Waals surface area contributed by atoms with Crippen LogP contribution in [0, 0.1) is 0 Å². The first-order valence-corrected chi connectivity index (χ1v) is 10.2. The fourth-order valence-electron chi connectivity index (χ4n) is 2.01. The van der Waals surface area contributed by atoms with Crippen LogP contribution in [0.4, 0.5) is 5.13 Å². The molecule has 0 aliphatic heterocycles. The van der Waals surface area contributed by atoms with Gasteiger partial charge in [0.1, 0.15) is 5.75 Å². The van der Waals surface area contributed by atoms with Crippen LogP contribution in [0.2, 0.25) is 10.0 Å². The van der Waals surface area contributed by atoms with Crippen molar-refractivity contribution in [2.75, 3.05) is 11.2 Å². The van der Waals surface area contributed by atoms with Crippen molar-refractivity contribution in [2.24, 2.45) is 0 Å². The van der Waals surface area contributed by atoms with Crippen molar-refractivity contribution in [2.45, 2.75) is 4.90 Å². The van der Waals surface area contributed by atoms with Crippen LogP contribution in [-0.2, 0) is 14.6 Å². The van der Waals surface area contributed by atoms with Crippen LogP contribution >= 0.6 is 34.5 Å². The van der Waals surface area contributed by atoms with Crippen molar-refractivity contribution in [1.29, 1.82) is 0 Å². The number of halogens is 2. The first-order chi connectivity index (χ1) is 11.8. The Morgan fingerprint density at radius 3 is 2.48 bits per heavy atom. The Kier molecular flexibility index (Phi) is 5.14. The highest BCUT2D eigenvalue weighted by atomic mass is 35.5. The molecule has 1 aromatic heterocycles. The summed E-state index contributed by atoms with van der Waals surface area (Å²) in [5, 5.41) is 1.43. The molecule has 2 N–H and O–H groups in total. The second-order valence-electron chi connectivity index (χ2n) is 5.02. The van der Waals surface area contributed by atoms with Crippen molar-refractivity contribution in [3.8, 4) is 0 Å². The summed E-state index contributed by atoms with van der Waals surface area (Å²) in [6, 6.07) is 10.8. The van der Waals surface area contributed by atoms with Gasteiger partial charge in [0.05, 0.1) is 15.1 Å². The molecule has 0 saturated heterocycles. The number of rotatable bonds is 5. The zero-order valence-corrected chi connectivity index (χ0v) is 15.6. The Bertz CT molecular complexity index is 1030. The van der Waals surface area contributed by atoms with E-state index in [9.17, 15) is 13.2 Å². The maximum atomic E-state index is 12.2. The molecule has 0 aliphatic carbocycles. The fourth-order valence-corrected chi connectivity index (χ4v) is 4.37. The minimum absolute atomic E-state index is 0.0293. The quantitative estimate of drug-likeness (QED) is 0.622. The van der Waals surface area contributed by atoms with Crippen LogP contribution < -0.4 is 10.9 Å². The van der Waals surface area contributed by atoms with Crippen LogP contribution in [0.15, 0.2) is 47.4 Å². The molecule has 3 rings (SSSR count). The molecule has 0 radical (unpaired) electrons. The van der Waals surface area contributed by atoms with Gasteiger partial charge in [-0.3, -0.25) is 15.6 Å². The Labute approximate surface area is 157 Å². The number of sulfone groups is 1. The van der Waals surface area contributed by atoms with E-state index in [0.717, 1.165) is 10.2 Å². The van der Waals surface area contributed by atoms with Crippen LogP contribution in [0.1, 0.15) is 0 Å². The molecule has 1 amide bonds. The van der Waals surface area contributed by atoms with Crippen molar-refractivity contribution in [1.82, 2.24) is 10.4 Å². The minimum Gasteiger partial charge on any atom is -0.273 e. The molecule has 1 heterocycles. The van der Waals surface area contributed by atoms with Gasteiger partial charge in [-0.25, -0.2) is 13.4 Å². The van der Waals surface area contributed by atoms with E-state index in [-0.39, 0.29) is 4.90 Å². The van der Waals surface area contributed by atoms with Crippen LogP contribution in [0.3, 0.4) is 0 Å². The summed E-state index contributed by atoms with van der Waals surface area (Å²) in [5.74, 6) is -1.40. The molecule has 0 saturated carbocycles. The Hall–Kier alpha value is -1.87. The number of nitrogens with one attached hydrogen (secondary N) is 2. The van der Waals surface area contributed by atoms with Gasteiger partial charge in [-0.1, -0.05) is 34.5 Å². The third-order valence-corrected chi connectivity index (χ3v) is 6.21. The number of hydrogen-bond acceptors (Lipinski definition) is 6. The maximum Gasteiger partial charge on any atom is 0.253 e. The lowest BCUT2D eigenvalue weighted by Gasteiger charge is -2.06. The lowest BCUT2D eigenvalue weighted by Crippen LogP contribution is -2.34. The van der Waals surface area contributed by atoms with Crippen molar-refractivity contribution < 1.29 is 13.2 Å². The summed E-state index contributed by atoms with van der Waals surface area (Å²) >= 11 is 12.9. The number of thiazole rings is 1. The van der Waals surface area contributed by atoms with E-state index in [0.29, 0.717) is 15.2 Å². The number of benzene rings is 2. The van der Waals surface area contributed by atoms with Gasteiger partial charge in [0, 0.05) is 10.0 Å². The number of aromatic nitrogens is 1. The Morgan fingerprint density at radius 2 is 1.76 bits per heavy atom. The van der Waals surface area contributed by atoms with E-state index >= 15 is 0 Å². The predicted octanol–water partition coefficient (Wildman–Crippen LogP) is 3.52. The fraction of sp³-hybridized carbons (Fsp3) is 0.0667. The van der Waals surface area contributed by atoms with Crippen LogP contribution in [-0.4, -0.2) is 25.1 Å². The van der Waals surface area contributed by atoms with E-state index in [2.05, 4.69) is 15.8 Å². The van der Waals surface area contributed by atoms with Crippen LogP contribution in [0.5, 0.6) is 0 Å². The molecular formula is C15H11Cl2N3O3S2. The number of anilines is 1. The largest absolute Gasteiger partial charge is 0.273 e. The number of amides is 1. The van der Waals surface area contributed by atoms with Gasteiger partial charge in [-0.05, 0) is 42.5 Å². The average molecular weight is 416 g/mol. The molecule has 130 valence electrons. The number of carbonyl (C=O) groups excluding carboxylic acids is 1. The number of carbonyl (C=O) groups is 1. The van der Waals surface area contributed by atoms with E-state index in [1.165, 1.54) is 35.6 Å². The topological polar surface area (TPSA) is 88.2 Å². The molecular weight excluding hydrogens is 405 g/mol. The molecule has 10 heteroatoms. The summed E-state index contributed by atoms with van der Waals surface area (Å²) in [5.41, 5.74) is 5.67. The Balaban J connectivity index is 1.64. The number of fused-ring (bicyclic) bond motifs is 1. The zero-order chi connectivity index (χ0) is 18.0. The highest BCUT2D eigenvalue weighted by Crippen LogP contribution is 2.27. The molecule has 0 spiro atoms. The molecule has 0 fully saturated rings. The highest BCUT2D eigenvalue weighted by molar-refractivity contribution is 7.92. The molecule has 0 aliphatic rings. The third-order valence-electron chi connectivity index (χ3n) is 3.15. The summed E-state index contributed by atoms with van der Waals surface area (Å²) in [6.07, 6.45) is 0. The molecule has 2 aromatic carbocycles. The van der Waals surface area contributed by atoms with Crippen molar-refractivity contribution in [3.63, 3.8) is 0 Å². The van der Waals surface area contributed by atoms with Crippen LogP contribution in [0.25, 0.3) is 10.2 Å². The second-order valence-corrected chi connectivity index (χ2v) is 8.91. The lowest BCUT2D eigenvalue weighted by atomic mass is 10.3. The molecule has 6 nitrogen and oxygen atoms in total. The van der Waals surface area contributed by atoms with E-state index in [1.807, 2.05) is 0 Å². The zero-order valence-electron chi connectivity index (χ0n) is 12.5. The average Bonchev–Trinajstić information content (AvgIpc) is 2.95. The smallest absolute Gasteiger partial charge is 0.253 e. The Morgan fingerprint density at radius 1 is 1.08 bits per heavy atom. The van der Waals surface area contributed by atoms with Gasteiger partial charge >= 0.3 is 0 Å².